The maximum absolute atomic E-state index is 13.4. The Labute approximate surface area is 109 Å². The lowest BCUT2D eigenvalue weighted by molar-refractivity contribution is -0.143. The third-order valence-corrected chi connectivity index (χ3v) is 2.60. The lowest BCUT2D eigenvalue weighted by Crippen LogP contribution is -2.25. The van der Waals surface area contributed by atoms with E-state index in [4.69, 9.17) is 10.5 Å². The zero-order valence-electron chi connectivity index (χ0n) is 10.6. The Kier molecular flexibility index (Phi) is 5.82. The number of esters is 1. The molecule has 0 aliphatic heterocycles. The molecule has 0 spiro atoms. The van der Waals surface area contributed by atoms with E-state index < -0.39 is 23.5 Å². The fourth-order valence-corrected chi connectivity index (χ4v) is 1.64. The molecule has 6 heteroatoms. The van der Waals surface area contributed by atoms with Crippen molar-refractivity contribution in [3.8, 4) is 0 Å². The maximum atomic E-state index is 13.4. The van der Waals surface area contributed by atoms with Gasteiger partial charge in [-0.15, -0.1) is 0 Å². The first kappa shape index (κ1) is 15.5. The van der Waals surface area contributed by atoms with Crippen molar-refractivity contribution in [2.75, 3.05) is 6.61 Å². The molecule has 1 aromatic carbocycles. The van der Waals surface area contributed by atoms with E-state index in [0.29, 0.717) is 6.07 Å². The lowest BCUT2D eigenvalue weighted by Gasteiger charge is -2.12. The predicted molar refractivity (Wildman–Crippen MR) is 63.9 cm³/mol. The second-order valence-electron chi connectivity index (χ2n) is 4.17. The number of benzene rings is 1. The topological polar surface area (TPSA) is 52.3 Å². The highest BCUT2D eigenvalue weighted by Crippen LogP contribution is 2.16. The van der Waals surface area contributed by atoms with Gasteiger partial charge >= 0.3 is 5.97 Å². The molecule has 1 atom stereocenters. The lowest BCUT2D eigenvalue weighted by atomic mass is 10.0. The van der Waals surface area contributed by atoms with Crippen LogP contribution in [0.2, 0.25) is 0 Å². The zero-order chi connectivity index (χ0) is 14.4. The van der Waals surface area contributed by atoms with Crippen LogP contribution in [-0.4, -0.2) is 18.6 Å². The summed E-state index contributed by atoms with van der Waals surface area (Å²) in [6.07, 6.45) is 0.431. The highest BCUT2D eigenvalue weighted by molar-refractivity contribution is 5.69. The molecule has 1 unspecified atom stereocenters. The van der Waals surface area contributed by atoms with Crippen LogP contribution in [0.4, 0.5) is 13.2 Å². The van der Waals surface area contributed by atoms with Crippen LogP contribution < -0.4 is 5.73 Å². The van der Waals surface area contributed by atoms with Gasteiger partial charge in [-0.1, -0.05) is 0 Å². The quantitative estimate of drug-likeness (QED) is 0.640. The predicted octanol–water partition coefficient (Wildman–Crippen LogP) is 2.32. The van der Waals surface area contributed by atoms with Gasteiger partial charge in [0.1, 0.15) is 5.82 Å². The monoisotopic (exact) mass is 275 g/mol. The van der Waals surface area contributed by atoms with Crippen molar-refractivity contribution in [2.24, 2.45) is 5.73 Å². The van der Waals surface area contributed by atoms with Gasteiger partial charge in [-0.2, -0.15) is 0 Å². The van der Waals surface area contributed by atoms with Gasteiger partial charge in [0, 0.05) is 18.5 Å². The van der Waals surface area contributed by atoms with E-state index in [1.807, 2.05) is 0 Å². The number of carbonyl (C=O) groups is 1. The van der Waals surface area contributed by atoms with Crippen LogP contribution in [0, 0.1) is 17.5 Å². The number of hydrogen-bond donors (Lipinski definition) is 1. The van der Waals surface area contributed by atoms with Crippen molar-refractivity contribution >= 4 is 5.97 Å². The maximum Gasteiger partial charge on any atom is 0.305 e. The molecule has 19 heavy (non-hydrogen) atoms. The first-order valence-electron chi connectivity index (χ1n) is 5.98. The third-order valence-electron chi connectivity index (χ3n) is 2.60. The largest absolute Gasteiger partial charge is 0.466 e. The van der Waals surface area contributed by atoms with Gasteiger partial charge in [-0.25, -0.2) is 13.2 Å². The number of carbonyl (C=O) groups excluding carboxylic acids is 1. The Morgan fingerprint density at radius 1 is 1.26 bits per heavy atom. The summed E-state index contributed by atoms with van der Waals surface area (Å²) < 4.78 is 43.8. The third kappa shape index (κ3) is 4.90. The van der Waals surface area contributed by atoms with Crippen LogP contribution in [0.3, 0.4) is 0 Å². The van der Waals surface area contributed by atoms with Crippen LogP contribution >= 0.6 is 0 Å². The number of nitrogens with two attached hydrogens (primary N) is 1. The fraction of sp³-hybridized carbons (Fsp3) is 0.462. The Bertz CT molecular complexity index is 452. The zero-order valence-corrected chi connectivity index (χ0v) is 10.6. The molecule has 2 N–H and O–H groups in total. The summed E-state index contributed by atoms with van der Waals surface area (Å²) in [5.74, 6) is -3.58. The van der Waals surface area contributed by atoms with Crippen molar-refractivity contribution < 1.29 is 22.7 Å². The van der Waals surface area contributed by atoms with E-state index in [0.717, 1.165) is 6.07 Å². The molecular weight excluding hydrogens is 259 g/mol. The summed E-state index contributed by atoms with van der Waals surface area (Å²) in [5, 5.41) is 0. The molecule has 0 aliphatic rings. The van der Waals surface area contributed by atoms with Gasteiger partial charge in [-0.05, 0) is 31.4 Å². The van der Waals surface area contributed by atoms with Crippen molar-refractivity contribution in [2.45, 2.75) is 32.2 Å². The molecule has 3 nitrogen and oxygen atoms in total. The molecule has 0 amide bonds. The van der Waals surface area contributed by atoms with Crippen molar-refractivity contribution in [1.82, 2.24) is 0 Å². The Morgan fingerprint density at radius 3 is 2.53 bits per heavy atom. The van der Waals surface area contributed by atoms with Crippen LogP contribution in [0.25, 0.3) is 0 Å². The summed E-state index contributed by atoms with van der Waals surface area (Å²) >= 11 is 0. The molecule has 0 aromatic heterocycles. The van der Waals surface area contributed by atoms with E-state index in [1.165, 1.54) is 0 Å². The van der Waals surface area contributed by atoms with Crippen molar-refractivity contribution in [1.29, 1.82) is 0 Å². The van der Waals surface area contributed by atoms with Gasteiger partial charge in [-0.3, -0.25) is 4.79 Å². The van der Waals surface area contributed by atoms with Gasteiger partial charge in [0.15, 0.2) is 11.6 Å². The Morgan fingerprint density at radius 2 is 1.89 bits per heavy atom. The molecule has 0 bridgehead atoms. The van der Waals surface area contributed by atoms with Gasteiger partial charge in [0.05, 0.1) is 6.61 Å². The number of halogens is 3. The van der Waals surface area contributed by atoms with Crippen LogP contribution in [0.1, 0.15) is 25.3 Å². The normalized spacial score (nSPS) is 12.3. The fourth-order valence-electron chi connectivity index (χ4n) is 1.64. The molecule has 0 heterocycles. The van der Waals surface area contributed by atoms with E-state index in [-0.39, 0.29) is 37.4 Å². The van der Waals surface area contributed by atoms with Gasteiger partial charge in [0.2, 0.25) is 0 Å². The Balaban J connectivity index is 2.55. The number of ether oxygens (including phenoxy) is 1. The molecule has 106 valence electrons. The first-order valence-corrected chi connectivity index (χ1v) is 5.98. The summed E-state index contributed by atoms with van der Waals surface area (Å²) in [6.45, 7) is 1.97. The average molecular weight is 275 g/mol. The first-order chi connectivity index (χ1) is 8.93. The second kappa shape index (κ2) is 7.13. The number of hydrogen-bond acceptors (Lipinski definition) is 3. The minimum atomic E-state index is -1.23. The average Bonchev–Trinajstić information content (AvgIpc) is 2.34. The smallest absolute Gasteiger partial charge is 0.305 e. The molecule has 0 fully saturated rings. The molecule has 1 rings (SSSR count). The molecule has 0 saturated carbocycles. The highest BCUT2D eigenvalue weighted by atomic mass is 19.2. The van der Waals surface area contributed by atoms with Crippen LogP contribution in [-0.2, 0) is 16.0 Å². The molecule has 0 saturated heterocycles. The Hall–Kier alpha value is -1.56. The van der Waals surface area contributed by atoms with Crippen LogP contribution in [0.5, 0.6) is 0 Å². The molecule has 0 aliphatic carbocycles. The van der Waals surface area contributed by atoms with Crippen LogP contribution in [0.15, 0.2) is 12.1 Å². The summed E-state index contributed by atoms with van der Waals surface area (Å²) in [7, 11) is 0. The van der Waals surface area contributed by atoms with Gasteiger partial charge < -0.3 is 10.5 Å². The second-order valence-corrected chi connectivity index (χ2v) is 4.17. The van der Waals surface area contributed by atoms with E-state index in [9.17, 15) is 18.0 Å². The minimum absolute atomic E-state index is 0.00439. The van der Waals surface area contributed by atoms with Crippen molar-refractivity contribution in [3.05, 3.63) is 35.1 Å². The molecule has 1 aromatic rings. The van der Waals surface area contributed by atoms with E-state index in [1.54, 1.807) is 6.92 Å². The van der Waals surface area contributed by atoms with Gasteiger partial charge in [0.25, 0.3) is 0 Å². The standard InChI is InChI=1S/C13H16F3NO2/c1-2-19-13(18)4-3-9(17)5-8-6-11(15)12(16)7-10(8)14/h6-7,9H,2-5,17H2,1H3. The molecular formula is C13H16F3NO2. The summed E-state index contributed by atoms with van der Waals surface area (Å²) in [4.78, 5) is 11.1. The molecule has 0 radical (unpaired) electrons. The highest BCUT2D eigenvalue weighted by Gasteiger charge is 2.14. The number of rotatable bonds is 6. The van der Waals surface area contributed by atoms with E-state index >= 15 is 0 Å². The minimum Gasteiger partial charge on any atom is -0.466 e. The summed E-state index contributed by atoms with van der Waals surface area (Å²) in [6, 6.07) is 0.751. The SMILES string of the molecule is CCOC(=O)CCC(N)Cc1cc(F)c(F)cc1F. The van der Waals surface area contributed by atoms with E-state index in [2.05, 4.69) is 0 Å². The van der Waals surface area contributed by atoms with Crippen molar-refractivity contribution in [3.63, 3.8) is 0 Å². The summed E-state index contributed by atoms with van der Waals surface area (Å²) in [5.41, 5.74) is 5.71.